The number of rotatable bonds is 5. The van der Waals surface area contributed by atoms with Gasteiger partial charge in [-0.2, -0.15) is 0 Å². The van der Waals surface area contributed by atoms with Crippen molar-refractivity contribution in [2.45, 2.75) is 58.6 Å². The normalized spacial score (nSPS) is 19.8. The summed E-state index contributed by atoms with van der Waals surface area (Å²) >= 11 is 0. The first kappa shape index (κ1) is 16.8. The standard InChI is InChI=1S/C18H28N2O2/c1-12(2)17-8-7-16(10-13(17)3)22-14(4)18(21)20-15-6-5-9-19-11-15/h7-8,10,12,14-15,19H,5-6,9,11H2,1-4H3,(H,20,21). The molecule has 122 valence electrons. The summed E-state index contributed by atoms with van der Waals surface area (Å²) in [6, 6.07) is 6.28. The summed E-state index contributed by atoms with van der Waals surface area (Å²) in [5, 5.41) is 6.35. The van der Waals surface area contributed by atoms with Crippen molar-refractivity contribution >= 4 is 5.91 Å². The van der Waals surface area contributed by atoms with Gasteiger partial charge < -0.3 is 15.4 Å². The van der Waals surface area contributed by atoms with E-state index in [9.17, 15) is 4.79 Å². The van der Waals surface area contributed by atoms with Crippen molar-refractivity contribution in [1.29, 1.82) is 0 Å². The molecule has 1 heterocycles. The highest BCUT2D eigenvalue weighted by Crippen LogP contribution is 2.24. The van der Waals surface area contributed by atoms with Gasteiger partial charge in [-0.1, -0.05) is 19.9 Å². The second kappa shape index (κ2) is 7.63. The molecule has 0 aromatic heterocycles. The maximum absolute atomic E-state index is 12.2. The zero-order valence-electron chi connectivity index (χ0n) is 14.1. The zero-order chi connectivity index (χ0) is 16.1. The Bertz CT molecular complexity index is 508. The Kier molecular flexibility index (Phi) is 5.83. The minimum Gasteiger partial charge on any atom is -0.481 e. The highest BCUT2D eigenvalue weighted by atomic mass is 16.5. The SMILES string of the molecule is Cc1cc(OC(C)C(=O)NC2CCCNC2)ccc1C(C)C. The highest BCUT2D eigenvalue weighted by molar-refractivity contribution is 5.81. The Balaban J connectivity index is 1.91. The maximum atomic E-state index is 12.2. The first-order chi connectivity index (χ1) is 10.5. The predicted octanol–water partition coefficient (Wildman–Crippen LogP) is 2.75. The molecule has 1 amide bonds. The summed E-state index contributed by atoms with van der Waals surface area (Å²) in [6.45, 7) is 10.1. The third-order valence-electron chi connectivity index (χ3n) is 4.19. The van der Waals surface area contributed by atoms with Gasteiger partial charge in [0.1, 0.15) is 5.75 Å². The van der Waals surface area contributed by atoms with Crippen molar-refractivity contribution in [2.75, 3.05) is 13.1 Å². The number of benzene rings is 1. The van der Waals surface area contributed by atoms with Gasteiger partial charge in [-0.15, -0.1) is 0 Å². The summed E-state index contributed by atoms with van der Waals surface area (Å²) < 4.78 is 5.80. The van der Waals surface area contributed by atoms with Crippen molar-refractivity contribution < 1.29 is 9.53 Å². The van der Waals surface area contributed by atoms with Gasteiger partial charge in [0.2, 0.25) is 0 Å². The fraction of sp³-hybridized carbons (Fsp3) is 0.611. The van der Waals surface area contributed by atoms with E-state index < -0.39 is 6.10 Å². The number of amides is 1. The van der Waals surface area contributed by atoms with Gasteiger partial charge >= 0.3 is 0 Å². The van der Waals surface area contributed by atoms with Gasteiger partial charge in [-0.3, -0.25) is 4.79 Å². The molecule has 1 fully saturated rings. The lowest BCUT2D eigenvalue weighted by atomic mass is 9.98. The molecule has 0 saturated carbocycles. The topological polar surface area (TPSA) is 50.4 Å². The molecule has 1 aromatic carbocycles. The van der Waals surface area contributed by atoms with Crippen LogP contribution in [-0.2, 0) is 4.79 Å². The molecule has 0 radical (unpaired) electrons. The van der Waals surface area contributed by atoms with Gasteiger partial charge in [0.25, 0.3) is 5.91 Å². The monoisotopic (exact) mass is 304 g/mol. The van der Waals surface area contributed by atoms with Gasteiger partial charge in [0, 0.05) is 12.6 Å². The van der Waals surface area contributed by atoms with E-state index in [1.54, 1.807) is 6.92 Å². The van der Waals surface area contributed by atoms with E-state index in [0.717, 1.165) is 31.7 Å². The average molecular weight is 304 g/mol. The predicted molar refractivity (Wildman–Crippen MR) is 89.4 cm³/mol. The molecule has 2 rings (SSSR count). The van der Waals surface area contributed by atoms with Gasteiger partial charge in [0.05, 0.1) is 0 Å². The number of aryl methyl sites for hydroxylation is 1. The molecule has 0 aliphatic carbocycles. The van der Waals surface area contributed by atoms with Crippen LogP contribution in [0.4, 0.5) is 0 Å². The number of ether oxygens (including phenoxy) is 1. The summed E-state index contributed by atoms with van der Waals surface area (Å²) in [5.41, 5.74) is 2.52. The summed E-state index contributed by atoms with van der Waals surface area (Å²) in [6.07, 6.45) is 1.66. The lowest BCUT2D eigenvalue weighted by molar-refractivity contribution is -0.128. The lowest BCUT2D eigenvalue weighted by Gasteiger charge is -2.25. The summed E-state index contributed by atoms with van der Waals surface area (Å²) in [4.78, 5) is 12.2. The molecule has 2 atom stereocenters. The molecule has 22 heavy (non-hydrogen) atoms. The largest absolute Gasteiger partial charge is 0.481 e. The van der Waals surface area contributed by atoms with Crippen LogP contribution in [0.5, 0.6) is 5.75 Å². The van der Waals surface area contributed by atoms with Crippen molar-refractivity contribution in [2.24, 2.45) is 0 Å². The number of hydrogen-bond acceptors (Lipinski definition) is 3. The molecule has 1 aliphatic heterocycles. The van der Waals surface area contributed by atoms with Crippen molar-refractivity contribution in [1.82, 2.24) is 10.6 Å². The van der Waals surface area contributed by atoms with E-state index in [4.69, 9.17) is 4.74 Å². The minimum absolute atomic E-state index is 0.0423. The molecule has 0 bridgehead atoms. The number of carbonyl (C=O) groups is 1. The summed E-state index contributed by atoms with van der Waals surface area (Å²) in [7, 11) is 0. The van der Waals surface area contributed by atoms with Crippen LogP contribution in [0.3, 0.4) is 0 Å². The number of nitrogens with one attached hydrogen (secondary N) is 2. The van der Waals surface area contributed by atoms with Crippen LogP contribution in [0, 0.1) is 6.92 Å². The van der Waals surface area contributed by atoms with Crippen LogP contribution in [0.2, 0.25) is 0 Å². The Morgan fingerprint density at radius 3 is 2.73 bits per heavy atom. The van der Waals surface area contributed by atoms with Crippen molar-refractivity contribution in [3.05, 3.63) is 29.3 Å². The Morgan fingerprint density at radius 1 is 1.36 bits per heavy atom. The smallest absolute Gasteiger partial charge is 0.261 e. The lowest BCUT2D eigenvalue weighted by Crippen LogP contribution is -2.49. The van der Waals surface area contributed by atoms with Crippen molar-refractivity contribution in [3.63, 3.8) is 0 Å². The quantitative estimate of drug-likeness (QED) is 0.879. The third kappa shape index (κ3) is 4.47. The van der Waals surface area contributed by atoms with Crippen molar-refractivity contribution in [3.8, 4) is 5.75 Å². The first-order valence-electron chi connectivity index (χ1n) is 8.25. The number of carbonyl (C=O) groups excluding carboxylic acids is 1. The fourth-order valence-electron chi connectivity index (χ4n) is 2.92. The van der Waals surface area contributed by atoms with Crippen LogP contribution in [0.25, 0.3) is 0 Å². The first-order valence-corrected chi connectivity index (χ1v) is 8.25. The van der Waals surface area contributed by atoms with Crippen LogP contribution in [-0.4, -0.2) is 31.1 Å². The third-order valence-corrected chi connectivity index (χ3v) is 4.19. The van der Waals surface area contributed by atoms with Gasteiger partial charge in [0.15, 0.2) is 6.10 Å². The fourth-order valence-corrected chi connectivity index (χ4v) is 2.92. The average Bonchev–Trinajstić information content (AvgIpc) is 2.47. The molecule has 2 N–H and O–H groups in total. The van der Waals surface area contributed by atoms with Crippen LogP contribution in [0.1, 0.15) is 50.7 Å². The molecule has 1 aromatic rings. The molecule has 0 spiro atoms. The van der Waals surface area contributed by atoms with Gasteiger partial charge in [-0.05, 0) is 62.4 Å². The molecule has 1 saturated heterocycles. The van der Waals surface area contributed by atoms with E-state index in [1.165, 1.54) is 11.1 Å². The molecule has 4 nitrogen and oxygen atoms in total. The van der Waals surface area contributed by atoms with E-state index >= 15 is 0 Å². The van der Waals surface area contributed by atoms with Crippen LogP contribution < -0.4 is 15.4 Å². The van der Waals surface area contributed by atoms with E-state index in [0.29, 0.717) is 5.92 Å². The molecule has 4 heteroatoms. The van der Waals surface area contributed by atoms with Crippen LogP contribution >= 0.6 is 0 Å². The molecule has 1 aliphatic rings. The Morgan fingerprint density at radius 2 is 2.14 bits per heavy atom. The van der Waals surface area contributed by atoms with E-state index in [1.807, 2.05) is 12.1 Å². The second-order valence-corrected chi connectivity index (χ2v) is 6.49. The molecular weight excluding hydrogens is 276 g/mol. The highest BCUT2D eigenvalue weighted by Gasteiger charge is 2.20. The minimum atomic E-state index is -0.480. The Labute approximate surface area is 133 Å². The van der Waals surface area contributed by atoms with Crippen LogP contribution in [0.15, 0.2) is 18.2 Å². The summed E-state index contributed by atoms with van der Waals surface area (Å²) in [5.74, 6) is 1.21. The second-order valence-electron chi connectivity index (χ2n) is 6.49. The number of hydrogen-bond donors (Lipinski definition) is 2. The van der Waals surface area contributed by atoms with E-state index in [-0.39, 0.29) is 11.9 Å². The number of piperidine rings is 1. The Hall–Kier alpha value is -1.55. The maximum Gasteiger partial charge on any atom is 0.261 e. The molecular formula is C18H28N2O2. The zero-order valence-corrected chi connectivity index (χ0v) is 14.1. The van der Waals surface area contributed by atoms with Gasteiger partial charge in [-0.25, -0.2) is 0 Å². The van der Waals surface area contributed by atoms with E-state index in [2.05, 4.69) is 37.5 Å². The molecule has 2 unspecified atom stereocenters.